The molecular weight excluding hydrogens is 202 g/mol. The number of nitrogens with two attached hydrogens (primary N) is 1. The van der Waals surface area contributed by atoms with Gasteiger partial charge >= 0.3 is 0 Å². The molecule has 0 saturated heterocycles. The summed E-state index contributed by atoms with van der Waals surface area (Å²) in [5.74, 6) is 0.420. The normalized spacial score (nSPS) is 12.5. The Morgan fingerprint density at radius 3 is 2.13 bits per heavy atom. The van der Waals surface area contributed by atoms with Crippen LogP contribution in [0.4, 0.5) is 0 Å². The molecule has 0 aliphatic rings. The smallest absolute Gasteiger partial charge is 0.0733 e. The lowest BCUT2D eigenvalue weighted by molar-refractivity contribution is 0.790. The third-order valence-corrected chi connectivity index (χ3v) is 2.90. The summed E-state index contributed by atoms with van der Waals surface area (Å²) in [5, 5.41) is 0. The first kappa shape index (κ1) is 12.2. The summed E-state index contributed by atoms with van der Waals surface area (Å²) in [6, 6.07) is 4.44. The van der Waals surface area contributed by atoms with Crippen LogP contribution in [0.5, 0.6) is 0 Å². The Balaban J connectivity index is 3.08. The van der Waals surface area contributed by atoms with Crippen molar-refractivity contribution in [1.82, 2.24) is 0 Å². The molecule has 0 radical (unpaired) electrons. The lowest BCUT2D eigenvalue weighted by Gasteiger charge is -2.17. The van der Waals surface area contributed by atoms with Gasteiger partial charge in [0.2, 0.25) is 0 Å². The van der Waals surface area contributed by atoms with Gasteiger partial charge in [-0.2, -0.15) is 0 Å². The highest BCUT2D eigenvalue weighted by Gasteiger charge is 2.12. The molecule has 0 saturated carbocycles. The van der Waals surface area contributed by atoms with E-state index in [4.69, 9.17) is 18.0 Å². The summed E-state index contributed by atoms with van der Waals surface area (Å²) in [6.07, 6.45) is 0.792. The van der Waals surface area contributed by atoms with Crippen molar-refractivity contribution in [2.24, 2.45) is 5.73 Å². The fourth-order valence-electron chi connectivity index (χ4n) is 2.37. The average molecular weight is 221 g/mol. The standard InChI is InChI=1S/C13H19NS/c1-8-5-9(2)13(10(3)6-8)11(4)7-12(14)15/h5-6,11H,7H2,1-4H3,(H2,14,15). The zero-order valence-electron chi connectivity index (χ0n) is 9.92. The summed E-state index contributed by atoms with van der Waals surface area (Å²) in [4.78, 5) is 0.599. The molecule has 0 fully saturated rings. The van der Waals surface area contributed by atoms with Crippen LogP contribution in [-0.2, 0) is 0 Å². The molecule has 0 aliphatic carbocycles. The van der Waals surface area contributed by atoms with Gasteiger partial charge in [-0.05, 0) is 43.4 Å². The van der Waals surface area contributed by atoms with E-state index in [1.807, 2.05) is 0 Å². The summed E-state index contributed by atoms with van der Waals surface area (Å²) in [6.45, 7) is 8.63. The van der Waals surface area contributed by atoms with Gasteiger partial charge in [-0.1, -0.05) is 36.8 Å². The predicted octanol–water partition coefficient (Wildman–Crippen LogP) is 3.39. The van der Waals surface area contributed by atoms with Crippen LogP contribution in [-0.4, -0.2) is 4.99 Å². The van der Waals surface area contributed by atoms with E-state index in [1.54, 1.807) is 0 Å². The lowest BCUT2D eigenvalue weighted by atomic mass is 9.88. The molecule has 1 unspecified atom stereocenters. The number of aryl methyl sites for hydroxylation is 3. The molecule has 2 N–H and O–H groups in total. The number of hydrogen-bond donors (Lipinski definition) is 1. The Kier molecular flexibility index (Phi) is 3.86. The quantitative estimate of drug-likeness (QED) is 0.792. The third kappa shape index (κ3) is 3.03. The Morgan fingerprint density at radius 1 is 1.27 bits per heavy atom. The Labute approximate surface area is 97.7 Å². The molecule has 0 spiro atoms. The van der Waals surface area contributed by atoms with Crippen LogP contribution < -0.4 is 5.73 Å². The molecule has 82 valence electrons. The highest BCUT2D eigenvalue weighted by molar-refractivity contribution is 7.80. The van der Waals surface area contributed by atoms with Crippen molar-refractivity contribution in [2.45, 2.75) is 40.0 Å². The molecule has 0 amide bonds. The Hall–Kier alpha value is -0.890. The second kappa shape index (κ2) is 4.75. The Morgan fingerprint density at radius 2 is 1.73 bits per heavy atom. The van der Waals surface area contributed by atoms with Crippen LogP contribution in [0, 0.1) is 20.8 Å². The van der Waals surface area contributed by atoms with Gasteiger partial charge in [0.1, 0.15) is 0 Å². The van der Waals surface area contributed by atoms with Crippen molar-refractivity contribution in [3.63, 3.8) is 0 Å². The van der Waals surface area contributed by atoms with Crippen LogP contribution in [0.2, 0.25) is 0 Å². The SMILES string of the molecule is Cc1cc(C)c(C(C)CC(N)=S)c(C)c1. The van der Waals surface area contributed by atoms with E-state index in [9.17, 15) is 0 Å². The van der Waals surface area contributed by atoms with Gasteiger partial charge in [0, 0.05) is 6.42 Å². The average Bonchev–Trinajstić information content (AvgIpc) is 1.99. The summed E-state index contributed by atoms with van der Waals surface area (Å²) >= 11 is 4.96. The highest BCUT2D eigenvalue weighted by Crippen LogP contribution is 2.27. The van der Waals surface area contributed by atoms with E-state index in [0.29, 0.717) is 10.9 Å². The van der Waals surface area contributed by atoms with Crippen molar-refractivity contribution in [1.29, 1.82) is 0 Å². The van der Waals surface area contributed by atoms with Crippen molar-refractivity contribution >= 4 is 17.2 Å². The summed E-state index contributed by atoms with van der Waals surface area (Å²) in [5.41, 5.74) is 11.0. The van der Waals surface area contributed by atoms with Gasteiger partial charge in [-0.3, -0.25) is 0 Å². The zero-order chi connectivity index (χ0) is 11.6. The molecule has 1 nitrogen and oxygen atoms in total. The van der Waals surface area contributed by atoms with Crippen molar-refractivity contribution in [3.05, 3.63) is 34.4 Å². The van der Waals surface area contributed by atoms with Gasteiger partial charge in [-0.15, -0.1) is 0 Å². The molecule has 2 heteroatoms. The molecule has 15 heavy (non-hydrogen) atoms. The van der Waals surface area contributed by atoms with Gasteiger partial charge in [0.25, 0.3) is 0 Å². The van der Waals surface area contributed by atoms with Gasteiger partial charge in [-0.25, -0.2) is 0 Å². The van der Waals surface area contributed by atoms with Gasteiger partial charge in [0.15, 0.2) is 0 Å². The predicted molar refractivity (Wildman–Crippen MR) is 70.5 cm³/mol. The van der Waals surface area contributed by atoms with E-state index in [0.717, 1.165) is 6.42 Å². The molecule has 1 atom stereocenters. The Bertz CT molecular complexity index is 359. The molecule has 1 aromatic rings. The monoisotopic (exact) mass is 221 g/mol. The third-order valence-electron chi connectivity index (χ3n) is 2.74. The first-order valence-corrected chi connectivity index (χ1v) is 5.68. The number of rotatable bonds is 3. The zero-order valence-corrected chi connectivity index (χ0v) is 10.7. The van der Waals surface area contributed by atoms with Crippen LogP contribution >= 0.6 is 12.2 Å². The lowest BCUT2D eigenvalue weighted by Crippen LogP contribution is -2.13. The first-order valence-electron chi connectivity index (χ1n) is 5.28. The minimum Gasteiger partial charge on any atom is -0.393 e. The number of thiocarbonyl (C=S) groups is 1. The van der Waals surface area contributed by atoms with Gasteiger partial charge in [0.05, 0.1) is 4.99 Å². The number of benzene rings is 1. The minimum atomic E-state index is 0.420. The van der Waals surface area contributed by atoms with Crippen molar-refractivity contribution in [2.75, 3.05) is 0 Å². The first-order chi connectivity index (χ1) is 6.91. The summed E-state index contributed by atoms with van der Waals surface area (Å²) in [7, 11) is 0. The molecule has 0 bridgehead atoms. The van der Waals surface area contributed by atoms with Crippen LogP contribution in [0.15, 0.2) is 12.1 Å². The largest absolute Gasteiger partial charge is 0.393 e. The van der Waals surface area contributed by atoms with E-state index >= 15 is 0 Å². The maximum Gasteiger partial charge on any atom is 0.0733 e. The summed E-state index contributed by atoms with van der Waals surface area (Å²) < 4.78 is 0. The van der Waals surface area contributed by atoms with E-state index in [1.165, 1.54) is 22.3 Å². The maximum atomic E-state index is 5.59. The van der Waals surface area contributed by atoms with Crippen LogP contribution in [0.1, 0.15) is 41.5 Å². The van der Waals surface area contributed by atoms with E-state index in [2.05, 4.69) is 39.8 Å². The fourth-order valence-corrected chi connectivity index (χ4v) is 2.62. The highest BCUT2D eigenvalue weighted by atomic mass is 32.1. The second-order valence-electron chi connectivity index (χ2n) is 4.38. The second-order valence-corrected chi connectivity index (χ2v) is 4.91. The molecule has 0 aromatic heterocycles. The maximum absolute atomic E-state index is 5.59. The van der Waals surface area contributed by atoms with Gasteiger partial charge < -0.3 is 5.73 Å². The van der Waals surface area contributed by atoms with Crippen LogP contribution in [0.25, 0.3) is 0 Å². The molecule has 0 aliphatic heterocycles. The number of hydrogen-bond acceptors (Lipinski definition) is 1. The fraction of sp³-hybridized carbons (Fsp3) is 0.462. The van der Waals surface area contributed by atoms with E-state index < -0.39 is 0 Å². The van der Waals surface area contributed by atoms with Crippen molar-refractivity contribution < 1.29 is 0 Å². The molecule has 0 heterocycles. The minimum absolute atomic E-state index is 0.420. The van der Waals surface area contributed by atoms with Crippen LogP contribution in [0.3, 0.4) is 0 Å². The molecule has 1 rings (SSSR count). The van der Waals surface area contributed by atoms with Crippen molar-refractivity contribution in [3.8, 4) is 0 Å². The topological polar surface area (TPSA) is 26.0 Å². The molecule has 1 aromatic carbocycles. The van der Waals surface area contributed by atoms with E-state index in [-0.39, 0.29) is 0 Å². The molecular formula is C13H19NS.